The number of rotatable bonds is 2. The third kappa shape index (κ3) is 2.27. The fraction of sp³-hybridized carbons (Fsp3) is 0.125. The molecule has 16 heavy (non-hydrogen) atoms. The Morgan fingerprint density at radius 1 is 1.12 bits per heavy atom. The maximum absolute atomic E-state index is 12.2. The molecule has 0 bridgehead atoms. The number of aromatic carboxylic acids is 2. The van der Waals surface area contributed by atoms with E-state index in [1.807, 2.05) is 0 Å². The second-order valence-electron chi connectivity index (χ2n) is 2.72. The van der Waals surface area contributed by atoms with Gasteiger partial charge in [0, 0.05) is 6.20 Å². The summed E-state index contributed by atoms with van der Waals surface area (Å²) in [6.07, 6.45) is -4.45. The van der Waals surface area contributed by atoms with Crippen LogP contribution in [0.4, 0.5) is 13.2 Å². The Bertz CT molecular complexity index is 455. The van der Waals surface area contributed by atoms with Gasteiger partial charge in [-0.2, -0.15) is 13.2 Å². The summed E-state index contributed by atoms with van der Waals surface area (Å²) < 4.78 is 36.5. The summed E-state index contributed by atoms with van der Waals surface area (Å²) in [6, 6.07) is 0.186. The lowest BCUT2D eigenvalue weighted by Crippen LogP contribution is -2.14. The molecule has 0 saturated heterocycles. The fourth-order valence-electron chi connectivity index (χ4n) is 0.958. The van der Waals surface area contributed by atoms with Crippen LogP contribution in [-0.4, -0.2) is 27.1 Å². The van der Waals surface area contributed by atoms with E-state index in [-0.39, 0.29) is 6.07 Å². The number of alkyl halides is 3. The van der Waals surface area contributed by atoms with Gasteiger partial charge in [0.1, 0.15) is 5.69 Å². The van der Waals surface area contributed by atoms with Gasteiger partial charge in [-0.1, -0.05) is 0 Å². The van der Waals surface area contributed by atoms with Crippen LogP contribution in [0, 0.1) is 0 Å². The zero-order chi connectivity index (χ0) is 12.5. The minimum absolute atomic E-state index is 0.186. The Kier molecular flexibility index (Phi) is 2.84. The van der Waals surface area contributed by atoms with E-state index in [1.165, 1.54) is 0 Å². The van der Waals surface area contributed by atoms with E-state index < -0.39 is 34.9 Å². The van der Waals surface area contributed by atoms with E-state index in [1.54, 1.807) is 0 Å². The Labute approximate surface area is 86.2 Å². The van der Waals surface area contributed by atoms with Gasteiger partial charge in [0.15, 0.2) is 0 Å². The SMILES string of the molecule is O=C(O)c1cnc(C(F)(F)F)cc1C(=O)O. The quantitative estimate of drug-likeness (QED) is 0.810. The number of carboxylic acids is 2. The van der Waals surface area contributed by atoms with Gasteiger partial charge in [-0.05, 0) is 6.07 Å². The fourth-order valence-corrected chi connectivity index (χ4v) is 0.958. The Morgan fingerprint density at radius 2 is 1.62 bits per heavy atom. The van der Waals surface area contributed by atoms with Crippen molar-refractivity contribution in [2.45, 2.75) is 6.18 Å². The molecule has 0 unspecified atom stereocenters. The van der Waals surface area contributed by atoms with Crippen molar-refractivity contribution in [1.29, 1.82) is 0 Å². The van der Waals surface area contributed by atoms with Crippen molar-refractivity contribution in [3.8, 4) is 0 Å². The standard InChI is InChI=1S/C8H4F3NO4/c9-8(10,11)5-1-3(6(13)14)4(2-12-5)7(15)16/h1-2H,(H,13,14)(H,15,16). The molecule has 0 spiro atoms. The molecule has 0 amide bonds. The van der Waals surface area contributed by atoms with Crippen LogP contribution >= 0.6 is 0 Å². The van der Waals surface area contributed by atoms with E-state index in [0.29, 0.717) is 6.20 Å². The van der Waals surface area contributed by atoms with Gasteiger partial charge >= 0.3 is 18.1 Å². The number of carboxylic acid groups (broad SMARTS) is 2. The first-order valence-electron chi connectivity index (χ1n) is 3.77. The van der Waals surface area contributed by atoms with Crippen LogP contribution in [0.3, 0.4) is 0 Å². The van der Waals surface area contributed by atoms with Gasteiger partial charge in [-0.25, -0.2) is 9.59 Å². The van der Waals surface area contributed by atoms with Gasteiger partial charge in [-0.15, -0.1) is 0 Å². The zero-order valence-corrected chi connectivity index (χ0v) is 7.45. The number of halogens is 3. The number of nitrogens with zero attached hydrogens (tertiary/aromatic N) is 1. The maximum Gasteiger partial charge on any atom is 0.433 e. The summed E-state index contributed by atoms with van der Waals surface area (Å²) in [5, 5.41) is 17.1. The van der Waals surface area contributed by atoms with Crippen LogP contribution in [0.15, 0.2) is 12.3 Å². The summed E-state index contributed by atoms with van der Waals surface area (Å²) in [4.78, 5) is 23.9. The molecule has 0 radical (unpaired) electrons. The van der Waals surface area contributed by atoms with Crippen molar-refractivity contribution in [1.82, 2.24) is 4.98 Å². The number of carbonyl (C=O) groups is 2. The first-order valence-corrected chi connectivity index (χ1v) is 3.77. The van der Waals surface area contributed by atoms with Gasteiger partial charge in [0.2, 0.25) is 0 Å². The first kappa shape index (κ1) is 12.0. The molecular formula is C8H4F3NO4. The van der Waals surface area contributed by atoms with E-state index >= 15 is 0 Å². The molecule has 0 saturated carbocycles. The van der Waals surface area contributed by atoms with Crippen molar-refractivity contribution < 1.29 is 33.0 Å². The summed E-state index contributed by atoms with van der Waals surface area (Å²) in [5.41, 5.74) is -3.19. The molecule has 0 aliphatic carbocycles. The van der Waals surface area contributed by atoms with E-state index in [4.69, 9.17) is 10.2 Å². The van der Waals surface area contributed by atoms with E-state index in [9.17, 15) is 22.8 Å². The predicted octanol–water partition coefficient (Wildman–Crippen LogP) is 1.50. The Morgan fingerprint density at radius 3 is 2.00 bits per heavy atom. The molecule has 1 aromatic heterocycles. The molecule has 1 aromatic rings. The van der Waals surface area contributed by atoms with Crippen LogP contribution in [-0.2, 0) is 6.18 Å². The molecule has 2 N–H and O–H groups in total. The molecule has 1 rings (SSSR count). The molecule has 8 heteroatoms. The molecule has 86 valence electrons. The van der Waals surface area contributed by atoms with Crippen molar-refractivity contribution >= 4 is 11.9 Å². The van der Waals surface area contributed by atoms with Crippen LogP contribution < -0.4 is 0 Å². The summed E-state index contributed by atoms with van der Waals surface area (Å²) in [5.74, 6) is -3.41. The number of hydrogen-bond acceptors (Lipinski definition) is 3. The Balaban J connectivity index is 3.40. The lowest BCUT2D eigenvalue weighted by atomic mass is 10.1. The van der Waals surface area contributed by atoms with Crippen LogP contribution in [0.2, 0.25) is 0 Å². The number of hydrogen-bond donors (Lipinski definition) is 2. The lowest BCUT2D eigenvalue weighted by Gasteiger charge is -2.07. The molecule has 0 atom stereocenters. The average molecular weight is 235 g/mol. The van der Waals surface area contributed by atoms with Gasteiger partial charge in [-0.3, -0.25) is 4.98 Å². The lowest BCUT2D eigenvalue weighted by molar-refractivity contribution is -0.141. The van der Waals surface area contributed by atoms with Crippen molar-refractivity contribution in [3.05, 3.63) is 29.1 Å². The van der Waals surface area contributed by atoms with E-state index in [2.05, 4.69) is 4.98 Å². The monoisotopic (exact) mass is 235 g/mol. The third-order valence-corrected chi connectivity index (χ3v) is 1.66. The molecule has 5 nitrogen and oxygen atoms in total. The highest BCUT2D eigenvalue weighted by atomic mass is 19.4. The highest BCUT2D eigenvalue weighted by Crippen LogP contribution is 2.28. The topological polar surface area (TPSA) is 87.5 Å². The molecule has 1 heterocycles. The summed E-state index contributed by atoms with van der Waals surface area (Å²) in [6.45, 7) is 0. The molecule has 0 aliphatic heterocycles. The molecule has 0 aliphatic rings. The first-order chi connectivity index (χ1) is 7.23. The maximum atomic E-state index is 12.2. The summed E-state index contributed by atoms with van der Waals surface area (Å²) in [7, 11) is 0. The van der Waals surface area contributed by atoms with Gasteiger partial charge < -0.3 is 10.2 Å². The van der Waals surface area contributed by atoms with Crippen LogP contribution in [0.25, 0.3) is 0 Å². The Hall–Kier alpha value is -2.12. The highest BCUT2D eigenvalue weighted by molar-refractivity contribution is 6.01. The van der Waals surface area contributed by atoms with Gasteiger partial charge in [0.05, 0.1) is 11.1 Å². The second-order valence-corrected chi connectivity index (χ2v) is 2.72. The van der Waals surface area contributed by atoms with Gasteiger partial charge in [0.25, 0.3) is 0 Å². The highest BCUT2D eigenvalue weighted by Gasteiger charge is 2.34. The molecular weight excluding hydrogens is 231 g/mol. The van der Waals surface area contributed by atoms with Crippen molar-refractivity contribution in [3.63, 3.8) is 0 Å². The second kappa shape index (κ2) is 3.80. The van der Waals surface area contributed by atoms with Crippen LogP contribution in [0.5, 0.6) is 0 Å². The minimum atomic E-state index is -4.82. The summed E-state index contributed by atoms with van der Waals surface area (Å²) >= 11 is 0. The number of pyridine rings is 1. The minimum Gasteiger partial charge on any atom is -0.478 e. The number of aromatic nitrogens is 1. The van der Waals surface area contributed by atoms with Crippen molar-refractivity contribution in [2.24, 2.45) is 0 Å². The largest absolute Gasteiger partial charge is 0.478 e. The average Bonchev–Trinajstić information content (AvgIpc) is 2.15. The third-order valence-electron chi connectivity index (χ3n) is 1.66. The molecule has 0 fully saturated rings. The smallest absolute Gasteiger partial charge is 0.433 e. The zero-order valence-electron chi connectivity index (χ0n) is 7.45. The normalized spacial score (nSPS) is 11.2. The predicted molar refractivity (Wildman–Crippen MR) is 43.2 cm³/mol. The molecule has 0 aromatic carbocycles. The van der Waals surface area contributed by atoms with E-state index in [0.717, 1.165) is 0 Å². The van der Waals surface area contributed by atoms with Crippen molar-refractivity contribution in [2.75, 3.05) is 0 Å². The van der Waals surface area contributed by atoms with Crippen LogP contribution in [0.1, 0.15) is 26.4 Å².